The first-order valence-electron chi connectivity index (χ1n) is 14.3. The van der Waals surface area contributed by atoms with Crippen LogP contribution in [0.1, 0.15) is 57.1 Å². The van der Waals surface area contributed by atoms with E-state index in [2.05, 4.69) is 64.3 Å². The molecule has 3 unspecified atom stereocenters. The molecular weight excluding hydrogens is 518 g/mol. The summed E-state index contributed by atoms with van der Waals surface area (Å²) in [6.45, 7) is 29.2. The lowest BCUT2D eigenvalue weighted by molar-refractivity contribution is -0.205. The van der Waals surface area contributed by atoms with Gasteiger partial charge in [-0.25, -0.2) is 0 Å². The number of aryl methyl sites for hydroxylation is 1. The zero-order valence-electron chi connectivity index (χ0n) is 24.5. The number of carbonyl (C=O) groups excluding carboxylic acids is 1. The van der Waals surface area contributed by atoms with Gasteiger partial charge in [0.2, 0.25) is 0 Å². The number of rotatable bonds is 14. The van der Waals surface area contributed by atoms with Gasteiger partial charge in [-0.3, -0.25) is 4.79 Å². The summed E-state index contributed by atoms with van der Waals surface area (Å²) in [4.78, 5) is 15.6. The molecule has 1 spiro atoms. The van der Waals surface area contributed by atoms with Gasteiger partial charge in [-0.2, -0.15) is 0 Å². The molecule has 1 saturated heterocycles. The van der Waals surface area contributed by atoms with E-state index in [-0.39, 0.29) is 31.0 Å². The molecule has 3 aliphatic rings. The first kappa shape index (κ1) is 30.1. The summed E-state index contributed by atoms with van der Waals surface area (Å²) < 4.78 is 31.0. The van der Waals surface area contributed by atoms with E-state index >= 15 is 0 Å². The molecule has 2 aliphatic heterocycles. The Kier molecular flexibility index (Phi) is 9.05. The fourth-order valence-corrected chi connectivity index (χ4v) is 6.88. The van der Waals surface area contributed by atoms with Crippen LogP contribution < -0.4 is 9.47 Å². The maximum Gasteiger partial charge on any atom is 0.306 e. The smallest absolute Gasteiger partial charge is 0.306 e. The zero-order valence-corrected chi connectivity index (χ0v) is 24.5. The van der Waals surface area contributed by atoms with Crippen LogP contribution in [0.5, 0.6) is 11.5 Å². The van der Waals surface area contributed by atoms with Crippen molar-refractivity contribution >= 4 is 5.97 Å². The fraction of sp³-hybridized carbons (Fsp3) is 0.441. The Balaban J connectivity index is 1.90. The van der Waals surface area contributed by atoms with E-state index in [9.17, 15) is 4.79 Å². The Morgan fingerprint density at radius 1 is 1.12 bits per heavy atom. The van der Waals surface area contributed by atoms with Crippen LogP contribution in [0.3, 0.4) is 0 Å². The van der Waals surface area contributed by atoms with Crippen molar-refractivity contribution < 1.29 is 28.5 Å². The van der Waals surface area contributed by atoms with E-state index in [0.29, 0.717) is 56.2 Å². The van der Waals surface area contributed by atoms with Crippen molar-refractivity contribution in [1.82, 2.24) is 4.90 Å². The molecule has 41 heavy (non-hydrogen) atoms. The van der Waals surface area contributed by atoms with Crippen molar-refractivity contribution in [3.63, 3.8) is 0 Å². The SMILES string of the molecule is C=CCCC(=O)OC12CCC(=C)[C@@H]3Oc4c(OC(=C)OCC=C)ccc(CC)c4C31CCN(C(=C)OCC=C)C2C. The third-order valence-electron chi connectivity index (χ3n) is 8.67. The molecule has 7 nitrogen and oxygen atoms in total. The quantitative estimate of drug-likeness (QED) is 0.143. The molecule has 0 radical (unpaired) electrons. The number of hydrogen-bond donors (Lipinski definition) is 0. The van der Waals surface area contributed by atoms with E-state index in [1.54, 1.807) is 18.2 Å². The maximum absolute atomic E-state index is 13.5. The van der Waals surface area contributed by atoms with E-state index in [4.69, 9.17) is 23.7 Å². The van der Waals surface area contributed by atoms with E-state index < -0.39 is 17.1 Å². The van der Waals surface area contributed by atoms with E-state index in [1.165, 1.54) is 0 Å². The number of hydrogen-bond acceptors (Lipinski definition) is 7. The van der Waals surface area contributed by atoms with Gasteiger partial charge in [0.1, 0.15) is 24.9 Å². The van der Waals surface area contributed by atoms with Gasteiger partial charge in [0, 0.05) is 18.5 Å². The van der Waals surface area contributed by atoms with Gasteiger partial charge in [0.25, 0.3) is 5.95 Å². The molecule has 1 aromatic rings. The van der Waals surface area contributed by atoms with Crippen LogP contribution in [-0.2, 0) is 30.8 Å². The third kappa shape index (κ3) is 5.07. The number of carbonyl (C=O) groups is 1. The number of piperidine rings is 1. The first-order valence-corrected chi connectivity index (χ1v) is 14.3. The second-order valence-corrected chi connectivity index (χ2v) is 10.8. The lowest BCUT2D eigenvalue weighted by Gasteiger charge is -2.61. The van der Waals surface area contributed by atoms with Gasteiger partial charge in [-0.15, -0.1) is 6.58 Å². The van der Waals surface area contributed by atoms with Gasteiger partial charge < -0.3 is 28.6 Å². The molecule has 2 fully saturated rings. The van der Waals surface area contributed by atoms with Gasteiger partial charge in [-0.05, 0) is 69.4 Å². The molecule has 220 valence electrons. The molecule has 0 bridgehead atoms. The van der Waals surface area contributed by atoms with Crippen LogP contribution in [-0.4, -0.2) is 48.4 Å². The molecule has 1 aliphatic carbocycles. The predicted octanol–water partition coefficient (Wildman–Crippen LogP) is 6.67. The highest BCUT2D eigenvalue weighted by atomic mass is 16.7. The van der Waals surface area contributed by atoms with Crippen molar-refractivity contribution in [2.75, 3.05) is 19.8 Å². The Labute approximate surface area is 244 Å². The van der Waals surface area contributed by atoms with Crippen molar-refractivity contribution in [3.8, 4) is 11.5 Å². The van der Waals surface area contributed by atoms with Gasteiger partial charge in [-0.1, -0.05) is 51.0 Å². The fourth-order valence-electron chi connectivity index (χ4n) is 6.88. The van der Waals surface area contributed by atoms with Crippen LogP contribution in [0.25, 0.3) is 0 Å². The third-order valence-corrected chi connectivity index (χ3v) is 8.67. The van der Waals surface area contributed by atoms with E-state index in [1.807, 2.05) is 6.07 Å². The number of fused-ring (bicyclic) bond motifs is 1. The molecule has 0 amide bonds. The average molecular weight is 562 g/mol. The van der Waals surface area contributed by atoms with Crippen LogP contribution in [0.15, 0.2) is 87.2 Å². The van der Waals surface area contributed by atoms with Crippen molar-refractivity contribution in [2.24, 2.45) is 0 Å². The van der Waals surface area contributed by atoms with Crippen LogP contribution in [0.4, 0.5) is 0 Å². The molecule has 1 aromatic carbocycles. The van der Waals surface area contributed by atoms with Crippen molar-refractivity contribution in [1.29, 1.82) is 0 Å². The Hall–Kier alpha value is -3.87. The second-order valence-electron chi connectivity index (χ2n) is 10.8. The van der Waals surface area contributed by atoms with Gasteiger partial charge in [0.05, 0.1) is 11.5 Å². The van der Waals surface area contributed by atoms with Crippen molar-refractivity contribution in [2.45, 2.75) is 75.5 Å². The normalized spacial score (nSPS) is 25.9. The minimum Gasteiger partial charge on any atom is -0.481 e. The molecule has 0 aromatic heterocycles. The second kappa shape index (κ2) is 12.3. The zero-order chi connectivity index (χ0) is 29.8. The lowest BCUT2D eigenvalue weighted by atomic mass is 9.51. The van der Waals surface area contributed by atoms with Crippen LogP contribution in [0, 0.1) is 0 Å². The summed E-state index contributed by atoms with van der Waals surface area (Å²) in [6, 6.07) is 3.67. The summed E-state index contributed by atoms with van der Waals surface area (Å²) in [5.74, 6) is 1.52. The molecule has 2 heterocycles. The Bertz CT molecular complexity index is 1250. The number of nitrogens with zero attached hydrogens (tertiary/aromatic N) is 1. The summed E-state index contributed by atoms with van der Waals surface area (Å²) in [6.07, 6.45) is 8.02. The van der Waals surface area contributed by atoms with Crippen LogP contribution in [0.2, 0.25) is 0 Å². The molecular formula is C34H43NO6. The highest BCUT2D eigenvalue weighted by Gasteiger charge is 2.72. The molecule has 4 rings (SSSR count). The van der Waals surface area contributed by atoms with Gasteiger partial charge >= 0.3 is 5.97 Å². The number of benzene rings is 1. The number of likely N-dealkylation sites (tertiary alicyclic amines) is 1. The topological polar surface area (TPSA) is 66.5 Å². The molecule has 7 heteroatoms. The summed E-state index contributed by atoms with van der Waals surface area (Å²) in [7, 11) is 0. The summed E-state index contributed by atoms with van der Waals surface area (Å²) in [5, 5.41) is 0. The number of ether oxygens (including phenoxy) is 5. The number of allylic oxidation sites excluding steroid dienone is 1. The highest BCUT2D eigenvalue weighted by Crippen LogP contribution is 2.65. The minimum absolute atomic E-state index is 0.145. The summed E-state index contributed by atoms with van der Waals surface area (Å²) >= 11 is 0. The molecule has 4 atom stereocenters. The van der Waals surface area contributed by atoms with Crippen LogP contribution >= 0.6 is 0 Å². The minimum atomic E-state index is -0.958. The van der Waals surface area contributed by atoms with E-state index in [0.717, 1.165) is 23.1 Å². The van der Waals surface area contributed by atoms with Crippen molar-refractivity contribution in [3.05, 3.63) is 98.4 Å². The Morgan fingerprint density at radius 3 is 2.54 bits per heavy atom. The number of esters is 1. The molecule has 1 saturated carbocycles. The monoisotopic (exact) mass is 561 g/mol. The largest absolute Gasteiger partial charge is 0.481 e. The average Bonchev–Trinajstić information content (AvgIpc) is 3.32. The maximum atomic E-state index is 13.5. The molecule has 0 N–H and O–H groups in total. The standard InChI is InChI=1S/C34H43NO6/c1-9-13-14-29(36)41-34-18-17-23(5)32-33(34,19-20-35(24(34)6)25(7)37-21-10-2)30-27(12-4)15-16-28(31(30)40-32)39-26(8)38-22-11-3/h9-11,15-16,24,32H,1-3,5,7-8,12-14,17-22H2,4,6H3/t24?,32-,33?,34?/m0/s1. The lowest BCUT2D eigenvalue weighted by Crippen LogP contribution is -2.73. The Morgan fingerprint density at radius 2 is 1.85 bits per heavy atom. The highest BCUT2D eigenvalue weighted by molar-refractivity contribution is 5.72. The summed E-state index contributed by atoms with van der Waals surface area (Å²) in [5.41, 5.74) is 1.41. The predicted molar refractivity (Wildman–Crippen MR) is 161 cm³/mol. The first-order chi connectivity index (χ1) is 19.7. The van der Waals surface area contributed by atoms with Gasteiger partial charge in [0.15, 0.2) is 17.4 Å².